The summed E-state index contributed by atoms with van der Waals surface area (Å²) in [6.45, 7) is 8.64. The number of hydrogen-bond donors (Lipinski definition) is 3. The molecule has 1 atom stereocenters. The van der Waals surface area contributed by atoms with Gasteiger partial charge in [0.15, 0.2) is 0 Å². The fourth-order valence-corrected chi connectivity index (χ4v) is 4.41. The molecule has 182 valence electrons. The average molecular weight is 477 g/mol. The molecular formula is C19H32N3O9P. The zero-order chi connectivity index (χ0) is 24.2. The van der Waals surface area contributed by atoms with E-state index in [9.17, 15) is 19.3 Å². The summed E-state index contributed by atoms with van der Waals surface area (Å²) in [5.41, 5.74) is -0.230. The molecule has 1 amide bonds. The van der Waals surface area contributed by atoms with Gasteiger partial charge < -0.3 is 0 Å². The Bertz CT molecular complexity index is 836. The van der Waals surface area contributed by atoms with Crippen LogP contribution in [-0.2, 0) is 38.0 Å². The molecule has 0 aromatic carbocycles. The SMILES string of the molecule is COC(=O)CCNC(=O)[C@@H]1O[PH](O)(OCOC(=O)c2cc(C(C)(C)C)n[nH]2)OCC1(C)C. The van der Waals surface area contributed by atoms with Gasteiger partial charge in [-0.25, -0.2) is 0 Å². The predicted molar refractivity (Wildman–Crippen MR) is 113 cm³/mol. The Balaban J connectivity index is 1.91. The van der Waals surface area contributed by atoms with Crippen molar-refractivity contribution < 1.29 is 42.3 Å². The zero-order valence-electron chi connectivity index (χ0n) is 19.1. The molecule has 2 heterocycles. The molecule has 0 radical (unpaired) electrons. The molecule has 13 heteroatoms. The van der Waals surface area contributed by atoms with E-state index in [1.807, 2.05) is 20.8 Å². The van der Waals surface area contributed by atoms with Crippen LogP contribution in [0.5, 0.6) is 0 Å². The van der Waals surface area contributed by atoms with E-state index in [1.54, 1.807) is 19.9 Å². The van der Waals surface area contributed by atoms with E-state index in [2.05, 4.69) is 20.3 Å². The second-order valence-electron chi connectivity index (χ2n) is 9.03. The summed E-state index contributed by atoms with van der Waals surface area (Å²) in [6, 6.07) is 1.57. The molecule has 1 saturated heterocycles. The Kier molecular flexibility index (Phi) is 8.35. The van der Waals surface area contributed by atoms with Gasteiger partial charge in [-0.15, -0.1) is 0 Å². The average Bonchev–Trinajstić information content (AvgIpc) is 3.21. The molecule has 0 bridgehead atoms. The number of ether oxygens (including phenoxy) is 2. The van der Waals surface area contributed by atoms with Gasteiger partial charge in [-0.3, -0.25) is 0 Å². The van der Waals surface area contributed by atoms with Crippen LogP contribution in [0.1, 0.15) is 57.2 Å². The second kappa shape index (κ2) is 10.2. The number of esters is 2. The zero-order valence-corrected chi connectivity index (χ0v) is 20.1. The number of hydrogen-bond acceptors (Lipinski definition) is 10. The Hall–Kier alpha value is -2.11. The van der Waals surface area contributed by atoms with Gasteiger partial charge in [-0.05, 0) is 0 Å². The van der Waals surface area contributed by atoms with Gasteiger partial charge in [-0.2, -0.15) is 0 Å². The first-order valence-corrected chi connectivity index (χ1v) is 11.7. The molecule has 0 saturated carbocycles. The van der Waals surface area contributed by atoms with Crippen LogP contribution in [-0.4, -0.2) is 66.1 Å². The quantitative estimate of drug-likeness (QED) is 0.283. The van der Waals surface area contributed by atoms with Crippen LogP contribution in [0.4, 0.5) is 0 Å². The molecule has 12 nitrogen and oxygen atoms in total. The molecule has 0 spiro atoms. The Morgan fingerprint density at radius 3 is 2.66 bits per heavy atom. The second-order valence-corrected chi connectivity index (χ2v) is 10.9. The number of aromatic nitrogens is 2. The van der Waals surface area contributed by atoms with Crippen LogP contribution in [0, 0.1) is 5.41 Å². The molecule has 1 aliphatic rings. The third-order valence-electron chi connectivity index (χ3n) is 4.69. The first kappa shape index (κ1) is 26.1. The number of H-pyrrole nitrogens is 1. The maximum absolute atomic E-state index is 12.5. The van der Waals surface area contributed by atoms with Gasteiger partial charge in [0.1, 0.15) is 0 Å². The summed E-state index contributed by atoms with van der Waals surface area (Å²) in [7, 11) is -3.02. The first-order valence-electron chi connectivity index (χ1n) is 10.0. The molecule has 2 rings (SSSR count). The molecule has 1 aromatic rings. The number of carbonyl (C=O) groups is 3. The fourth-order valence-electron chi connectivity index (χ4n) is 2.71. The number of nitrogens with one attached hydrogen (secondary N) is 2. The third kappa shape index (κ3) is 6.94. The number of rotatable bonds is 8. The monoisotopic (exact) mass is 477 g/mol. The van der Waals surface area contributed by atoms with Crippen molar-refractivity contribution in [2.24, 2.45) is 5.41 Å². The number of nitrogens with zero attached hydrogens (tertiary/aromatic N) is 1. The van der Waals surface area contributed by atoms with Crippen molar-refractivity contribution >= 4 is 26.0 Å². The van der Waals surface area contributed by atoms with Crippen LogP contribution in [0.25, 0.3) is 0 Å². The Morgan fingerprint density at radius 1 is 1.38 bits per heavy atom. The van der Waals surface area contributed by atoms with E-state index in [0.717, 1.165) is 0 Å². The van der Waals surface area contributed by atoms with Crippen molar-refractivity contribution in [2.45, 2.75) is 52.6 Å². The summed E-state index contributed by atoms with van der Waals surface area (Å²) >= 11 is 0. The van der Waals surface area contributed by atoms with Gasteiger partial charge in [0.05, 0.1) is 0 Å². The van der Waals surface area contributed by atoms with E-state index in [1.165, 1.54) is 7.11 Å². The molecule has 3 N–H and O–H groups in total. The van der Waals surface area contributed by atoms with Crippen LogP contribution < -0.4 is 5.32 Å². The molecule has 0 aliphatic carbocycles. The van der Waals surface area contributed by atoms with Gasteiger partial charge >= 0.3 is 186 Å². The Labute approximate surface area is 186 Å². The van der Waals surface area contributed by atoms with Crippen molar-refractivity contribution in [3.8, 4) is 0 Å². The Morgan fingerprint density at radius 2 is 2.06 bits per heavy atom. The molecule has 32 heavy (non-hydrogen) atoms. The number of methoxy groups -OCH3 is 1. The van der Waals surface area contributed by atoms with Gasteiger partial charge in [0.25, 0.3) is 0 Å². The maximum atomic E-state index is 12.5. The predicted octanol–water partition coefficient (Wildman–Crippen LogP) is 1.36. The summed E-state index contributed by atoms with van der Waals surface area (Å²) in [6.07, 6.45) is -1.12. The topological polar surface area (TPSA) is 158 Å². The number of amides is 1. The van der Waals surface area contributed by atoms with E-state index >= 15 is 0 Å². The van der Waals surface area contributed by atoms with E-state index in [0.29, 0.717) is 5.69 Å². The van der Waals surface area contributed by atoms with Gasteiger partial charge in [-0.1, -0.05) is 0 Å². The van der Waals surface area contributed by atoms with Crippen molar-refractivity contribution in [1.29, 1.82) is 0 Å². The van der Waals surface area contributed by atoms with E-state index in [4.69, 9.17) is 18.3 Å². The van der Waals surface area contributed by atoms with E-state index in [-0.39, 0.29) is 30.7 Å². The van der Waals surface area contributed by atoms with Crippen LogP contribution in [0.2, 0.25) is 0 Å². The third-order valence-corrected chi connectivity index (χ3v) is 6.22. The van der Waals surface area contributed by atoms with Crippen LogP contribution >= 0.6 is 8.17 Å². The van der Waals surface area contributed by atoms with Gasteiger partial charge in [0, 0.05) is 0 Å². The summed E-state index contributed by atoms with van der Waals surface area (Å²) in [5, 5.41) is 9.23. The fraction of sp³-hybridized carbons (Fsp3) is 0.684. The summed E-state index contributed by atoms with van der Waals surface area (Å²) in [4.78, 5) is 46.5. The first-order chi connectivity index (χ1) is 14.8. The number of carbonyl (C=O) groups excluding carboxylic acids is 3. The summed E-state index contributed by atoms with van der Waals surface area (Å²) < 4.78 is 25.5. The molecule has 1 aliphatic heterocycles. The van der Waals surface area contributed by atoms with Gasteiger partial charge in [0.2, 0.25) is 0 Å². The molecular weight excluding hydrogens is 445 g/mol. The van der Waals surface area contributed by atoms with Crippen molar-refractivity contribution in [1.82, 2.24) is 15.5 Å². The van der Waals surface area contributed by atoms with Crippen molar-refractivity contribution in [3.05, 3.63) is 17.5 Å². The van der Waals surface area contributed by atoms with Crippen LogP contribution in [0.3, 0.4) is 0 Å². The van der Waals surface area contributed by atoms with Crippen molar-refractivity contribution in [3.63, 3.8) is 0 Å². The van der Waals surface area contributed by atoms with E-state index < -0.39 is 44.3 Å². The molecule has 0 unspecified atom stereocenters. The summed E-state index contributed by atoms with van der Waals surface area (Å²) in [5.74, 6) is -1.75. The van der Waals surface area contributed by atoms with Crippen molar-refractivity contribution in [2.75, 3.05) is 27.1 Å². The normalized spacial score (nSPS) is 20.8. The number of aromatic amines is 1. The standard InChI is InChI=1S/C19H32N3O9P/c1-18(2,3)13-9-12(21-22-13)17(25)28-11-30-32(26)29-10-19(4,5)15(31-32)16(24)20-8-7-14(23)27-6/h9,15,26,32H,7-8,10-11H2,1-6H3,(H,20,24)(H,21,22)/t15-/m0/s1. The minimum atomic E-state index is -4.27. The van der Waals surface area contributed by atoms with Crippen LogP contribution in [0.15, 0.2) is 6.07 Å². The molecule has 1 fully saturated rings. The molecule has 1 aromatic heterocycles. The minimum absolute atomic E-state index is 0.00936.